The SMILES string of the molecule is CC1(C)c2ccccc2-c2[nH]c3c(c2-c2ccccc21)C=CC1CCCCC1C3. The Kier molecular flexibility index (Phi) is 3.72. The van der Waals surface area contributed by atoms with Crippen molar-refractivity contribution >= 4 is 6.08 Å². The van der Waals surface area contributed by atoms with Gasteiger partial charge in [0.1, 0.15) is 0 Å². The van der Waals surface area contributed by atoms with Crippen LogP contribution >= 0.6 is 0 Å². The van der Waals surface area contributed by atoms with E-state index < -0.39 is 0 Å². The van der Waals surface area contributed by atoms with Gasteiger partial charge in [0, 0.05) is 27.8 Å². The van der Waals surface area contributed by atoms with Gasteiger partial charge in [-0.05, 0) is 47.8 Å². The molecule has 6 rings (SSSR count). The van der Waals surface area contributed by atoms with Crippen molar-refractivity contribution in [2.45, 2.75) is 51.4 Å². The second-order valence-corrected chi connectivity index (χ2v) is 9.76. The Labute approximate surface area is 173 Å². The third-order valence-corrected chi connectivity index (χ3v) is 7.80. The van der Waals surface area contributed by atoms with E-state index in [1.165, 1.54) is 76.9 Å². The molecular formula is C28H29N. The van der Waals surface area contributed by atoms with E-state index in [0.29, 0.717) is 0 Å². The van der Waals surface area contributed by atoms with Gasteiger partial charge in [0.2, 0.25) is 0 Å². The van der Waals surface area contributed by atoms with E-state index in [1.807, 2.05) is 0 Å². The highest BCUT2D eigenvalue weighted by molar-refractivity contribution is 5.94. The first-order valence-electron chi connectivity index (χ1n) is 11.3. The number of allylic oxidation sites excluding steroid dienone is 1. The Bertz CT molecular complexity index is 1130. The smallest absolute Gasteiger partial charge is 0.0545 e. The summed E-state index contributed by atoms with van der Waals surface area (Å²) < 4.78 is 0. The van der Waals surface area contributed by atoms with Crippen LogP contribution in [0.2, 0.25) is 0 Å². The molecule has 146 valence electrons. The van der Waals surface area contributed by atoms with Crippen LogP contribution in [0.3, 0.4) is 0 Å². The van der Waals surface area contributed by atoms with E-state index in [4.69, 9.17) is 0 Å². The summed E-state index contributed by atoms with van der Waals surface area (Å²) in [6, 6.07) is 18.1. The standard InChI is InChI=1S/C28H29N/c1-28(2)23-13-7-5-11-20(23)26-22-16-15-18-9-3-4-10-19(18)17-25(22)29-27(26)21-12-6-8-14-24(21)28/h5-8,11-16,18-19,29H,3-4,9-10,17H2,1-2H3. The van der Waals surface area contributed by atoms with Gasteiger partial charge in [-0.15, -0.1) is 0 Å². The lowest BCUT2D eigenvalue weighted by atomic mass is 9.75. The van der Waals surface area contributed by atoms with Crippen molar-refractivity contribution in [2.24, 2.45) is 11.8 Å². The first-order valence-corrected chi connectivity index (χ1v) is 11.3. The van der Waals surface area contributed by atoms with Crippen LogP contribution in [0.25, 0.3) is 28.5 Å². The quantitative estimate of drug-likeness (QED) is 0.420. The van der Waals surface area contributed by atoms with Crippen LogP contribution in [-0.4, -0.2) is 4.98 Å². The Balaban J connectivity index is 1.67. The number of hydrogen-bond donors (Lipinski definition) is 1. The summed E-state index contributed by atoms with van der Waals surface area (Å²) in [6.07, 6.45) is 11.7. The number of fused-ring (bicyclic) bond motifs is 8. The van der Waals surface area contributed by atoms with Gasteiger partial charge >= 0.3 is 0 Å². The lowest BCUT2D eigenvalue weighted by Gasteiger charge is -2.28. The van der Waals surface area contributed by atoms with Gasteiger partial charge < -0.3 is 4.98 Å². The first kappa shape index (κ1) is 17.3. The summed E-state index contributed by atoms with van der Waals surface area (Å²) in [6.45, 7) is 4.75. The van der Waals surface area contributed by atoms with Gasteiger partial charge in [0.15, 0.2) is 0 Å². The maximum Gasteiger partial charge on any atom is 0.0545 e. The number of benzene rings is 2. The van der Waals surface area contributed by atoms with Crippen LogP contribution in [0, 0.1) is 11.8 Å². The number of aromatic nitrogens is 1. The van der Waals surface area contributed by atoms with Gasteiger partial charge in [-0.3, -0.25) is 0 Å². The molecule has 0 amide bonds. The molecule has 3 aromatic rings. The van der Waals surface area contributed by atoms with Crippen LogP contribution in [0.5, 0.6) is 0 Å². The van der Waals surface area contributed by atoms with E-state index in [-0.39, 0.29) is 5.41 Å². The fraction of sp³-hybridized carbons (Fsp3) is 0.357. The summed E-state index contributed by atoms with van der Waals surface area (Å²) in [7, 11) is 0. The van der Waals surface area contributed by atoms with Crippen molar-refractivity contribution in [3.05, 3.63) is 77.0 Å². The molecule has 1 N–H and O–H groups in total. The first-order chi connectivity index (χ1) is 14.1. The van der Waals surface area contributed by atoms with Crippen LogP contribution in [0.4, 0.5) is 0 Å². The Morgan fingerprint density at radius 2 is 1.55 bits per heavy atom. The highest BCUT2D eigenvalue weighted by Gasteiger charge is 2.36. The van der Waals surface area contributed by atoms with Gasteiger partial charge in [-0.25, -0.2) is 0 Å². The van der Waals surface area contributed by atoms with Crippen LogP contribution in [0.15, 0.2) is 54.6 Å². The van der Waals surface area contributed by atoms with Crippen molar-refractivity contribution in [2.75, 3.05) is 0 Å². The van der Waals surface area contributed by atoms with Crippen molar-refractivity contribution in [3.63, 3.8) is 0 Å². The minimum absolute atomic E-state index is 0.0254. The molecule has 2 unspecified atom stereocenters. The van der Waals surface area contributed by atoms with Crippen molar-refractivity contribution in [1.29, 1.82) is 0 Å². The topological polar surface area (TPSA) is 15.8 Å². The summed E-state index contributed by atoms with van der Waals surface area (Å²) in [5.74, 6) is 1.55. The van der Waals surface area contributed by atoms with E-state index in [0.717, 1.165) is 11.8 Å². The van der Waals surface area contributed by atoms with E-state index in [1.54, 1.807) is 0 Å². The molecule has 1 nitrogen and oxygen atoms in total. The van der Waals surface area contributed by atoms with Crippen molar-refractivity contribution < 1.29 is 0 Å². The molecule has 2 aromatic carbocycles. The zero-order valence-electron chi connectivity index (χ0n) is 17.5. The predicted molar refractivity (Wildman–Crippen MR) is 122 cm³/mol. The average molecular weight is 380 g/mol. The Morgan fingerprint density at radius 1 is 0.862 bits per heavy atom. The molecule has 1 saturated carbocycles. The molecular weight excluding hydrogens is 350 g/mol. The number of nitrogens with one attached hydrogen (secondary N) is 1. The summed E-state index contributed by atoms with van der Waals surface area (Å²) in [4.78, 5) is 3.95. The molecule has 2 atom stereocenters. The lowest BCUT2D eigenvalue weighted by molar-refractivity contribution is 0.283. The van der Waals surface area contributed by atoms with E-state index in [2.05, 4.69) is 79.5 Å². The molecule has 0 radical (unpaired) electrons. The van der Waals surface area contributed by atoms with Gasteiger partial charge in [-0.1, -0.05) is 87.4 Å². The molecule has 1 heteroatoms. The third kappa shape index (κ3) is 2.46. The van der Waals surface area contributed by atoms with Crippen molar-refractivity contribution in [1.82, 2.24) is 4.98 Å². The van der Waals surface area contributed by atoms with E-state index in [9.17, 15) is 0 Å². The fourth-order valence-electron chi connectivity index (χ4n) is 6.26. The van der Waals surface area contributed by atoms with Gasteiger partial charge in [0.05, 0.1) is 5.69 Å². The zero-order valence-corrected chi connectivity index (χ0v) is 17.5. The van der Waals surface area contributed by atoms with Crippen LogP contribution in [0.1, 0.15) is 61.9 Å². The highest BCUT2D eigenvalue weighted by Crippen LogP contribution is 2.51. The van der Waals surface area contributed by atoms with E-state index >= 15 is 0 Å². The molecule has 1 aromatic heterocycles. The fourth-order valence-corrected chi connectivity index (χ4v) is 6.26. The largest absolute Gasteiger partial charge is 0.357 e. The van der Waals surface area contributed by atoms with Gasteiger partial charge in [-0.2, -0.15) is 0 Å². The summed E-state index contributed by atoms with van der Waals surface area (Å²) in [5.41, 5.74) is 11.2. The third-order valence-electron chi connectivity index (χ3n) is 7.80. The molecule has 29 heavy (non-hydrogen) atoms. The van der Waals surface area contributed by atoms with Crippen molar-refractivity contribution in [3.8, 4) is 22.4 Å². The molecule has 0 bridgehead atoms. The summed E-state index contributed by atoms with van der Waals surface area (Å²) in [5, 5.41) is 0. The maximum absolute atomic E-state index is 3.95. The molecule has 0 saturated heterocycles. The van der Waals surface area contributed by atoms with Gasteiger partial charge in [0.25, 0.3) is 0 Å². The number of hydrogen-bond acceptors (Lipinski definition) is 0. The minimum atomic E-state index is -0.0254. The van der Waals surface area contributed by atoms with Crippen LogP contribution in [-0.2, 0) is 11.8 Å². The van der Waals surface area contributed by atoms with Crippen LogP contribution < -0.4 is 0 Å². The average Bonchev–Trinajstić information content (AvgIpc) is 2.96. The normalized spacial score (nSPS) is 23.7. The predicted octanol–water partition coefficient (Wildman–Crippen LogP) is 7.36. The second kappa shape index (κ2) is 6.23. The summed E-state index contributed by atoms with van der Waals surface area (Å²) >= 11 is 0. The number of aromatic amines is 1. The highest BCUT2D eigenvalue weighted by atomic mass is 14.8. The molecule has 0 aliphatic heterocycles. The Morgan fingerprint density at radius 3 is 2.38 bits per heavy atom. The molecule has 3 aliphatic rings. The molecule has 1 fully saturated rings. The number of rotatable bonds is 0. The second-order valence-electron chi connectivity index (χ2n) is 9.76. The number of H-pyrrole nitrogens is 1. The maximum atomic E-state index is 3.95. The molecule has 1 heterocycles. The zero-order chi connectivity index (χ0) is 19.6. The monoisotopic (exact) mass is 379 g/mol. The minimum Gasteiger partial charge on any atom is -0.357 e. The molecule has 0 spiro atoms. The Hall–Kier alpha value is -2.54. The molecule has 3 aliphatic carbocycles. The lowest BCUT2D eigenvalue weighted by Crippen LogP contribution is -2.20.